The molecule has 1 aliphatic carbocycles. The minimum Gasteiger partial charge on any atom is -0.492 e. The summed E-state index contributed by atoms with van der Waals surface area (Å²) in [4.78, 5) is 0. The van der Waals surface area contributed by atoms with E-state index < -0.39 is 0 Å². The van der Waals surface area contributed by atoms with Gasteiger partial charge in [-0.25, -0.2) is 0 Å². The van der Waals surface area contributed by atoms with Crippen LogP contribution >= 0.6 is 0 Å². The van der Waals surface area contributed by atoms with E-state index in [1.807, 2.05) is 30.3 Å². The largest absolute Gasteiger partial charge is 0.492 e. The average Bonchev–Trinajstić information content (AvgIpc) is 3.12. The first-order valence-corrected chi connectivity index (χ1v) is 6.29. The summed E-state index contributed by atoms with van der Waals surface area (Å²) in [5.41, 5.74) is 0. The van der Waals surface area contributed by atoms with Gasteiger partial charge in [-0.3, -0.25) is 0 Å². The molecule has 2 heteroatoms. The fourth-order valence-corrected chi connectivity index (χ4v) is 1.97. The molecule has 1 aliphatic rings. The Morgan fingerprint density at radius 1 is 1.31 bits per heavy atom. The Kier molecular flexibility index (Phi) is 4.23. The Morgan fingerprint density at radius 3 is 2.69 bits per heavy atom. The summed E-state index contributed by atoms with van der Waals surface area (Å²) in [7, 11) is 0. The van der Waals surface area contributed by atoms with Crippen molar-refractivity contribution in [3.8, 4) is 5.75 Å². The number of ether oxygens (including phenoxy) is 1. The van der Waals surface area contributed by atoms with E-state index >= 15 is 0 Å². The summed E-state index contributed by atoms with van der Waals surface area (Å²) in [6, 6.07) is 10.6. The van der Waals surface area contributed by atoms with E-state index in [-0.39, 0.29) is 0 Å². The van der Waals surface area contributed by atoms with Crippen LogP contribution in [0.2, 0.25) is 0 Å². The molecule has 0 heterocycles. The minimum atomic E-state index is 0.512. The van der Waals surface area contributed by atoms with Crippen LogP contribution in [0.5, 0.6) is 5.75 Å². The lowest BCUT2D eigenvalue weighted by Crippen LogP contribution is -2.34. The van der Waals surface area contributed by atoms with E-state index in [0.717, 1.165) is 24.8 Å². The number of likely N-dealkylation sites (N-methyl/N-ethyl adjacent to an activating group) is 1. The molecular formula is C14H21NO. The Balaban J connectivity index is 1.76. The Hall–Kier alpha value is -1.02. The maximum Gasteiger partial charge on any atom is 0.119 e. The van der Waals surface area contributed by atoms with Crippen LogP contribution in [0, 0.1) is 5.92 Å². The average molecular weight is 219 g/mol. The number of hydrogen-bond acceptors (Lipinski definition) is 2. The number of rotatable bonds is 7. The van der Waals surface area contributed by atoms with Crippen molar-refractivity contribution < 1.29 is 4.74 Å². The standard InChI is InChI=1S/C14H21NO/c1-2-15-13(10-12-8-9-12)11-16-14-6-4-3-5-7-14/h3-7,12-13,15H,2,8-11H2,1H3. The molecule has 0 amide bonds. The molecule has 0 radical (unpaired) electrons. The fourth-order valence-electron chi connectivity index (χ4n) is 1.97. The van der Waals surface area contributed by atoms with Crippen LogP contribution < -0.4 is 10.1 Å². The van der Waals surface area contributed by atoms with E-state index in [9.17, 15) is 0 Å². The SMILES string of the molecule is CCNC(COc1ccccc1)CC1CC1. The van der Waals surface area contributed by atoms with E-state index in [4.69, 9.17) is 4.74 Å². The van der Waals surface area contributed by atoms with Gasteiger partial charge in [-0.2, -0.15) is 0 Å². The second kappa shape index (κ2) is 5.90. The third-order valence-electron chi connectivity index (χ3n) is 3.00. The molecule has 0 aromatic heterocycles. The summed E-state index contributed by atoms with van der Waals surface area (Å²) >= 11 is 0. The van der Waals surface area contributed by atoms with Gasteiger partial charge in [-0.15, -0.1) is 0 Å². The van der Waals surface area contributed by atoms with Gasteiger partial charge in [0, 0.05) is 6.04 Å². The predicted octanol–water partition coefficient (Wildman–Crippen LogP) is 2.84. The number of para-hydroxylation sites is 1. The molecule has 88 valence electrons. The maximum absolute atomic E-state index is 5.79. The Bertz CT molecular complexity index is 295. The van der Waals surface area contributed by atoms with Crippen molar-refractivity contribution in [3.05, 3.63) is 30.3 Å². The van der Waals surface area contributed by atoms with Crippen LogP contribution in [0.25, 0.3) is 0 Å². The zero-order chi connectivity index (χ0) is 11.2. The highest BCUT2D eigenvalue weighted by atomic mass is 16.5. The van der Waals surface area contributed by atoms with Crippen LogP contribution in [0.15, 0.2) is 30.3 Å². The first-order chi connectivity index (χ1) is 7.88. The molecule has 2 nitrogen and oxygen atoms in total. The van der Waals surface area contributed by atoms with Crippen LogP contribution in [0.1, 0.15) is 26.2 Å². The lowest BCUT2D eigenvalue weighted by molar-refractivity contribution is 0.253. The second-order valence-electron chi connectivity index (χ2n) is 4.56. The molecule has 2 rings (SSSR count). The van der Waals surface area contributed by atoms with E-state index in [0.29, 0.717) is 6.04 Å². The molecule has 1 saturated carbocycles. The summed E-state index contributed by atoms with van der Waals surface area (Å²) in [6.07, 6.45) is 4.08. The molecular weight excluding hydrogens is 198 g/mol. The van der Waals surface area contributed by atoms with Crippen molar-refractivity contribution in [3.63, 3.8) is 0 Å². The molecule has 1 N–H and O–H groups in total. The van der Waals surface area contributed by atoms with Crippen molar-refractivity contribution in [2.45, 2.75) is 32.2 Å². The first-order valence-electron chi connectivity index (χ1n) is 6.29. The highest BCUT2D eigenvalue weighted by Gasteiger charge is 2.25. The molecule has 1 aromatic rings. The van der Waals surface area contributed by atoms with Gasteiger partial charge in [0.25, 0.3) is 0 Å². The van der Waals surface area contributed by atoms with Gasteiger partial charge in [0.15, 0.2) is 0 Å². The topological polar surface area (TPSA) is 21.3 Å². The smallest absolute Gasteiger partial charge is 0.119 e. The van der Waals surface area contributed by atoms with Gasteiger partial charge in [0.05, 0.1) is 0 Å². The van der Waals surface area contributed by atoms with Crippen molar-refractivity contribution in [1.29, 1.82) is 0 Å². The second-order valence-corrected chi connectivity index (χ2v) is 4.56. The quantitative estimate of drug-likeness (QED) is 0.761. The predicted molar refractivity (Wildman–Crippen MR) is 66.7 cm³/mol. The summed E-state index contributed by atoms with van der Waals surface area (Å²) < 4.78 is 5.79. The highest BCUT2D eigenvalue weighted by molar-refractivity contribution is 5.20. The van der Waals surface area contributed by atoms with Gasteiger partial charge in [-0.1, -0.05) is 38.0 Å². The normalized spacial score (nSPS) is 17.1. The van der Waals surface area contributed by atoms with Crippen molar-refractivity contribution in [2.24, 2.45) is 5.92 Å². The zero-order valence-corrected chi connectivity index (χ0v) is 9.99. The third-order valence-corrected chi connectivity index (χ3v) is 3.00. The molecule has 16 heavy (non-hydrogen) atoms. The molecule has 1 aromatic carbocycles. The first kappa shape index (κ1) is 11.5. The summed E-state index contributed by atoms with van der Waals surface area (Å²) in [5, 5.41) is 3.50. The summed E-state index contributed by atoms with van der Waals surface area (Å²) in [5.74, 6) is 1.92. The monoisotopic (exact) mass is 219 g/mol. The number of hydrogen-bond donors (Lipinski definition) is 1. The Labute approximate surface area is 98.0 Å². The van der Waals surface area contributed by atoms with Gasteiger partial charge in [-0.05, 0) is 31.0 Å². The highest BCUT2D eigenvalue weighted by Crippen LogP contribution is 2.33. The molecule has 1 unspecified atom stereocenters. The summed E-state index contributed by atoms with van der Waals surface area (Å²) in [6.45, 7) is 3.96. The molecule has 0 aliphatic heterocycles. The van der Waals surface area contributed by atoms with Crippen molar-refractivity contribution in [1.82, 2.24) is 5.32 Å². The van der Waals surface area contributed by atoms with Crippen molar-refractivity contribution in [2.75, 3.05) is 13.2 Å². The van der Waals surface area contributed by atoms with Gasteiger partial charge >= 0.3 is 0 Å². The van der Waals surface area contributed by atoms with Crippen LogP contribution in [0.4, 0.5) is 0 Å². The van der Waals surface area contributed by atoms with Gasteiger partial charge in [0.2, 0.25) is 0 Å². The fraction of sp³-hybridized carbons (Fsp3) is 0.571. The number of nitrogens with one attached hydrogen (secondary N) is 1. The molecule has 0 bridgehead atoms. The van der Waals surface area contributed by atoms with Crippen LogP contribution in [0.3, 0.4) is 0 Å². The minimum absolute atomic E-state index is 0.512. The zero-order valence-electron chi connectivity index (χ0n) is 9.99. The molecule has 1 fully saturated rings. The maximum atomic E-state index is 5.79. The third kappa shape index (κ3) is 3.86. The lowest BCUT2D eigenvalue weighted by Gasteiger charge is -2.18. The molecule has 0 spiro atoms. The van der Waals surface area contributed by atoms with E-state index in [1.165, 1.54) is 19.3 Å². The van der Waals surface area contributed by atoms with Crippen LogP contribution in [-0.2, 0) is 0 Å². The number of benzene rings is 1. The molecule has 0 saturated heterocycles. The lowest BCUT2D eigenvalue weighted by atomic mass is 10.1. The Morgan fingerprint density at radius 2 is 2.06 bits per heavy atom. The van der Waals surface area contributed by atoms with Crippen LogP contribution in [-0.4, -0.2) is 19.2 Å². The van der Waals surface area contributed by atoms with E-state index in [1.54, 1.807) is 0 Å². The van der Waals surface area contributed by atoms with Gasteiger partial charge in [0.1, 0.15) is 12.4 Å². The van der Waals surface area contributed by atoms with Crippen molar-refractivity contribution >= 4 is 0 Å². The van der Waals surface area contributed by atoms with Gasteiger partial charge < -0.3 is 10.1 Å². The molecule has 1 atom stereocenters. The van der Waals surface area contributed by atoms with E-state index in [2.05, 4.69) is 12.2 Å².